The molecule has 2 aromatic carbocycles. The lowest BCUT2D eigenvalue weighted by molar-refractivity contribution is -0.124. The van der Waals surface area contributed by atoms with E-state index in [1.807, 2.05) is 42.5 Å². The van der Waals surface area contributed by atoms with E-state index in [1.165, 1.54) is 0 Å². The lowest BCUT2D eigenvalue weighted by Crippen LogP contribution is -2.43. The van der Waals surface area contributed by atoms with Crippen molar-refractivity contribution in [2.45, 2.75) is 25.9 Å². The smallest absolute Gasteiger partial charge is 0.267 e. The first-order valence-electron chi connectivity index (χ1n) is 7.68. The molecule has 1 aliphatic heterocycles. The van der Waals surface area contributed by atoms with Gasteiger partial charge in [-0.05, 0) is 65.5 Å². The lowest BCUT2D eigenvalue weighted by atomic mass is 9.99. The Hall–Kier alpha value is -1.72. The molecule has 1 unspecified atom stereocenters. The van der Waals surface area contributed by atoms with Crippen LogP contribution >= 0.6 is 28.3 Å². The molecule has 0 fully saturated rings. The summed E-state index contributed by atoms with van der Waals surface area (Å²) in [6, 6.07) is 13.3. The van der Waals surface area contributed by atoms with Crippen LogP contribution in [0.5, 0.6) is 5.75 Å². The van der Waals surface area contributed by atoms with Crippen LogP contribution in [-0.2, 0) is 11.2 Å². The summed E-state index contributed by atoms with van der Waals surface area (Å²) in [5.74, 6) is 0.616. The highest BCUT2D eigenvalue weighted by atomic mass is 79.9. The van der Waals surface area contributed by atoms with Crippen molar-refractivity contribution in [1.29, 1.82) is 0 Å². The van der Waals surface area contributed by atoms with Crippen molar-refractivity contribution >= 4 is 45.6 Å². The van der Waals surface area contributed by atoms with Crippen LogP contribution in [0.25, 0.3) is 0 Å². The molecule has 2 N–H and O–H groups in total. The molecule has 0 saturated carbocycles. The zero-order valence-corrected chi connectivity index (χ0v) is 15.8. The van der Waals surface area contributed by atoms with E-state index >= 15 is 0 Å². The summed E-state index contributed by atoms with van der Waals surface area (Å²) in [5.41, 5.74) is 8.76. The fourth-order valence-corrected chi connectivity index (χ4v) is 3.26. The van der Waals surface area contributed by atoms with Gasteiger partial charge in [0.15, 0.2) is 6.10 Å². The Morgan fingerprint density at radius 1 is 1.25 bits per heavy atom. The minimum absolute atomic E-state index is 0. The van der Waals surface area contributed by atoms with Crippen LogP contribution in [0.1, 0.15) is 18.9 Å². The number of nitrogens with zero attached hydrogens (tertiary/aromatic N) is 1. The fourth-order valence-electron chi connectivity index (χ4n) is 2.88. The molecule has 4 nitrogen and oxygen atoms in total. The average molecular weight is 412 g/mol. The Morgan fingerprint density at radius 3 is 2.75 bits per heavy atom. The van der Waals surface area contributed by atoms with Crippen LogP contribution in [0.3, 0.4) is 0 Å². The standard InChI is InChI=1S/C18H19BrN2O2.ClH/c1-12(23-17-10-3-2-7-14(17)19)18(22)21-11-5-6-13-15(20)8-4-9-16(13)21;/h2-4,7-10,12H,5-6,11,20H2,1H3;1H. The second-order valence-electron chi connectivity index (χ2n) is 5.63. The molecule has 24 heavy (non-hydrogen) atoms. The quantitative estimate of drug-likeness (QED) is 0.770. The third-order valence-corrected chi connectivity index (χ3v) is 4.70. The first-order valence-corrected chi connectivity index (χ1v) is 8.47. The molecular weight excluding hydrogens is 392 g/mol. The van der Waals surface area contributed by atoms with Crippen LogP contribution in [0, 0.1) is 0 Å². The number of fused-ring (bicyclic) bond motifs is 1. The fraction of sp³-hybridized carbons (Fsp3) is 0.278. The molecule has 2 aromatic rings. The molecule has 3 rings (SSSR count). The summed E-state index contributed by atoms with van der Waals surface area (Å²) in [6.07, 6.45) is 1.25. The van der Waals surface area contributed by atoms with Crippen LogP contribution in [0.4, 0.5) is 11.4 Å². The Bertz CT molecular complexity index is 739. The Labute approximate surface area is 156 Å². The molecule has 0 aliphatic carbocycles. The Balaban J connectivity index is 0.00000208. The second-order valence-corrected chi connectivity index (χ2v) is 6.48. The zero-order valence-electron chi connectivity index (χ0n) is 13.4. The number of hydrogen-bond donors (Lipinski definition) is 1. The molecule has 0 bridgehead atoms. The maximum atomic E-state index is 12.8. The van der Waals surface area contributed by atoms with Gasteiger partial charge in [-0.1, -0.05) is 18.2 Å². The van der Waals surface area contributed by atoms with Crippen molar-refractivity contribution in [2.24, 2.45) is 0 Å². The van der Waals surface area contributed by atoms with Gasteiger partial charge in [0.1, 0.15) is 5.75 Å². The monoisotopic (exact) mass is 410 g/mol. The van der Waals surface area contributed by atoms with Crippen LogP contribution in [-0.4, -0.2) is 18.6 Å². The van der Waals surface area contributed by atoms with Gasteiger partial charge in [0.05, 0.1) is 4.47 Å². The number of ether oxygens (including phenoxy) is 1. The highest BCUT2D eigenvalue weighted by Gasteiger charge is 2.28. The normalized spacial score (nSPS) is 14.3. The third kappa shape index (κ3) is 3.68. The number of benzene rings is 2. The van der Waals surface area contributed by atoms with E-state index in [4.69, 9.17) is 10.5 Å². The molecule has 1 aliphatic rings. The van der Waals surface area contributed by atoms with Gasteiger partial charge in [-0.15, -0.1) is 12.4 Å². The van der Waals surface area contributed by atoms with Crippen LogP contribution < -0.4 is 15.4 Å². The third-order valence-electron chi connectivity index (χ3n) is 4.04. The summed E-state index contributed by atoms with van der Waals surface area (Å²) in [6.45, 7) is 2.47. The van der Waals surface area contributed by atoms with Crippen LogP contribution in [0.2, 0.25) is 0 Å². The topological polar surface area (TPSA) is 55.6 Å². The number of para-hydroxylation sites is 1. The number of nitrogens with two attached hydrogens (primary N) is 1. The summed E-state index contributed by atoms with van der Waals surface area (Å²) in [5, 5.41) is 0. The molecule has 0 saturated heterocycles. The summed E-state index contributed by atoms with van der Waals surface area (Å²) < 4.78 is 6.67. The minimum Gasteiger partial charge on any atom is -0.480 e. The molecule has 0 radical (unpaired) electrons. The van der Waals surface area contributed by atoms with E-state index in [0.717, 1.165) is 34.3 Å². The highest BCUT2D eigenvalue weighted by Crippen LogP contribution is 2.32. The Kier molecular flexibility index (Phi) is 6.13. The zero-order chi connectivity index (χ0) is 16.4. The molecule has 0 spiro atoms. The van der Waals surface area contributed by atoms with E-state index in [2.05, 4.69) is 15.9 Å². The van der Waals surface area contributed by atoms with Gasteiger partial charge in [0, 0.05) is 17.9 Å². The van der Waals surface area contributed by atoms with E-state index < -0.39 is 6.10 Å². The van der Waals surface area contributed by atoms with Gasteiger partial charge in [0.2, 0.25) is 0 Å². The van der Waals surface area contributed by atoms with E-state index in [-0.39, 0.29) is 18.3 Å². The van der Waals surface area contributed by atoms with E-state index in [0.29, 0.717) is 12.3 Å². The second kappa shape index (κ2) is 7.90. The van der Waals surface area contributed by atoms with Crippen molar-refractivity contribution in [3.05, 3.63) is 52.5 Å². The van der Waals surface area contributed by atoms with Crippen molar-refractivity contribution in [2.75, 3.05) is 17.2 Å². The number of amides is 1. The molecular formula is C18H20BrClN2O2. The SMILES string of the molecule is CC(Oc1ccccc1Br)C(=O)N1CCCc2c(N)cccc21.Cl. The first kappa shape index (κ1) is 18.6. The number of hydrogen-bond acceptors (Lipinski definition) is 3. The van der Waals surface area contributed by atoms with Crippen molar-refractivity contribution in [3.63, 3.8) is 0 Å². The summed E-state index contributed by atoms with van der Waals surface area (Å²) in [7, 11) is 0. The number of nitrogen functional groups attached to an aromatic ring is 1. The summed E-state index contributed by atoms with van der Waals surface area (Å²) >= 11 is 3.44. The maximum absolute atomic E-state index is 12.8. The molecule has 1 atom stereocenters. The van der Waals surface area contributed by atoms with Gasteiger partial charge >= 0.3 is 0 Å². The molecule has 6 heteroatoms. The van der Waals surface area contributed by atoms with E-state index in [1.54, 1.807) is 11.8 Å². The number of rotatable bonds is 3. The number of carbonyl (C=O) groups excluding carboxylic acids is 1. The van der Waals surface area contributed by atoms with Gasteiger partial charge in [-0.25, -0.2) is 0 Å². The number of halogens is 2. The van der Waals surface area contributed by atoms with E-state index in [9.17, 15) is 4.79 Å². The minimum atomic E-state index is -0.568. The average Bonchev–Trinajstić information content (AvgIpc) is 2.56. The van der Waals surface area contributed by atoms with Crippen molar-refractivity contribution < 1.29 is 9.53 Å². The van der Waals surface area contributed by atoms with Gasteiger partial charge in [-0.2, -0.15) is 0 Å². The predicted molar refractivity (Wildman–Crippen MR) is 103 cm³/mol. The Morgan fingerprint density at radius 2 is 2.00 bits per heavy atom. The van der Waals surface area contributed by atoms with Crippen LogP contribution in [0.15, 0.2) is 46.9 Å². The first-order chi connectivity index (χ1) is 11.1. The van der Waals surface area contributed by atoms with Crippen molar-refractivity contribution in [1.82, 2.24) is 0 Å². The van der Waals surface area contributed by atoms with Crippen molar-refractivity contribution in [3.8, 4) is 5.75 Å². The molecule has 128 valence electrons. The number of carbonyl (C=O) groups is 1. The van der Waals surface area contributed by atoms with Gasteiger partial charge < -0.3 is 15.4 Å². The largest absolute Gasteiger partial charge is 0.480 e. The maximum Gasteiger partial charge on any atom is 0.267 e. The van der Waals surface area contributed by atoms with Gasteiger partial charge in [0.25, 0.3) is 5.91 Å². The molecule has 1 amide bonds. The summed E-state index contributed by atoms with van der Waals surface area (Å²) in [4.78, 5) is 14.6. The highest BCUT2D eigenvalue weighted by molar-refractivity contribution is 9.10. The molecule has 1 heterocycles. The molecule has 0 aromatic heterocycles. The van der Waals surface area contributed by atoms with Gasteiger partial charge in [-0.3, -0.25) is 4.79 Å². The number of anilines is 2. The predicted octanol–water partition coefficient (Wildman–Crippen LogP) is 4.20. The lowest BCUT2D eigenvalue weighted by Gasteiger charge is -2.32.